The van der Waals surface area contributed by atoms with Crippen LogP contribution in [-0.4, -0.2) is 31.7 Å². The number of hydrogen-bond acceptors (Lipinski definition) is 3. The highest BCUT2D eigenvalue weighted by Crippen LogP contribution is 2.16. The smallest absolute Gasteiger partial charge is 0.243 e. The van der Waals surface area contributed by atoms with Gasteiger partial charge >= 0.3 is 0 Å². The molecule has 0 aliphatic carbocycles. The van der Waals surface area contributed by atoms with Crippen LogP contribution in [0.4, 0.5) is 0 Å². The summed E-state index contributed by atoms with van der Waals surface area (Å²) in [6.07, 6.45) is 0. The molecule has 0 saturated carbocycles. The van der Waals surface area contributed by atoms with Crippen LogP contribution in [0.5, 0.6) is 0 Å². The zero-order valence-electron chi connectivity index (χ0n) is 14.8. The van der Waals surface area contributed by atoms with Gasteiger partial charge in [-0.1, -0.05) is 54.4 Å². The SMILES string of the molecule is CCN(CC(=O)NCc1ccc(C)cc1)S(=O)(=O)c1ccc(C)cc1. The fraction of sp³-hybridized carbons (Fsp3) is 0.316. The second-order valence-electron chi connectivity index (χ2n) is 6.01. The minimum Gasteiger partial charge on any atom is -0.351 e. The van der Waals surface area contributed by atoms with Crippen molar-refractivity contribution in [3.05, 3.63) is 65.2 Å². The fourth-order valence-electron chi connectivity index (χ4n) is 2.35. The summed E-state index contributed by atoms with van der Waals surface area (Å²) in [7, 11) is -3.68. The molecule has 6 heteroatoms. The lowest BCUT2D eigenvalue weighted by Crippen LogP contribution is -2.40. The molecule has 0 atom stereocenters. The van der Waals surface area contributed by atoms with E-state index < -0.39 is 10.0 Å². The van der Waals surface area contributed by atoms with E-state index in [2.05, 4.69) is 5.32 Å². The van der Waals surface area contributed by atoms with E-state index in [1.807, 2.05) is 38.1 Å². The number of carbonyl (C=O) groups excluding carboxylic acids is 1. The van der Waals surface area contributed by atoms with Gasteiger partial charge in [-0.2, -0.15) is 4.31 Å². The van der Waals surface area contributed by atoms with Crippen molar-refractivity contribution in [2.45, 2.75) is 32.2 Å². The van der Waals surface area contributed by atoms with Gasteiger partial charge in [0.2, 0.25) is 15.9 Å². The van der Waals surface area contributed by atoms with Gasteiger partial charge in [-0.25, -0.2) is 8.42 Å². The Morgan fingerprint density at radius 2 is 1.48 bits per heavy atom. The molecule has 0 heterocycles. The van der Waals surface area contributed by atoms with Crippen LogP contribution in [0.2, 0.25) is 0 Å². The van der Waals surface area contributed by atoms with Crippen molar-refractivity contribution in [2.24, 2.45) is 0 Å². The molecule has 2 aromatic carbocycles. The summed E-state index contributed by atoms with van der Waals surface area (Å²) in [4.78, 5) is 12.4. The molecule has 0 aliphatic rings. The number of benzene rings is 2. The highest BCUT2D eigenvalue weighted by Gasteiger charge is 2.24. The Bertz CT molecular complexity index is 813. The number of nitrogens with zero attached hydrogens (tertiary/aromatic N) is 1. The third-order valence-corrected chi connectivity index (χ3v) is 5.88. The molecule has 0 unspecified atom stereocenters. The normalized spacial score (nSPS) is 11.5. The van der Waals surface area contributed by atoms with Gasteiger partial charge in [0.15, 0.2) is 0 Å². The van der Waals surface area contributed by atoms with Gasteiger partial charge in [-0.05, 0) is 31.5 Å². The third kappa shape index (κ3) is 5.14. The first-order valence-corrected chi connectivity index (χ1v) is 9.66. The molecular formula is C19H24N2O3S. The van der Waals surface area contributed by atoms with E-state index in [0.29, 0.717) is 6.54 Å². The zero-order chi connectivity index (χ0) is 18.4. The number of nitrogens with one attached hydrogen (secondary N) is 1. The minimum atomic E-state index is -3.68. The number of aryl methyl sites for hydroxylation is 2. The van der Waals surface area contributed by atoms with E-state index in [9.17, 15) is 13.2 Å². The molecule has 0 bridgehead atoms. The van der Waals surface area contributed by atoms with Crippen LogP contribution in [-0.2, 0) is 21.4 Å². The molecule has 25 heavy (non-hydrogen) atoms. The van der Waals surface area contributed by atoms with Gasteiger partial charge in [0, 0.05) is 13.1 Å². The molecule has 0 aliphatic heterocycles. The van der Waals surface area contributed by atoms with Crippen molar-refractivity contribution in [3.8, 4) is 0 Å². The standard InChI is InChI=1S/C19H24N2O3S/c1-4-21(25(23,24)18-11-7-16(3)8-12-18)14-19(22)20-13-17-9-5-15(2)6-10-17/h5-12H,4,13-14H2,1-3H3,(H,20,22). The maximum atomic E-state index is 12.7. The number of likely N-dealkylation sites (N-methyl/N-ethyl adjacent to an activating group) is 1. The van der Waals surface area contributed by atoms with Crippen molar-refractivity contribution in [1.82, 2.24) is 9.62 Å². The first-order chi connectivity index (χ1) is 11.8. The number of carbonyl (C=O) groups is 1. The van der Waals surface area contributed by atoms with Gasteiger partial charge in [-0.3, -0.25) is 4.79 Å². The molecule has 0 radical (unpaired) electrons. The number of rotatable bonds is 7. The summed E-state index contributed by atoms with van der Waals surface area (Å²) in [5.74, 6) is -0.321. The molecule has 1 amide bonds. The topological polar surface area (TPSA) is 66.5 Å². The van der Waals surface area contributed by atoms with Crippen molar-refractivity contribution in [2.75, 3.05) is 13.1 Å². The molecule has 0 saturated heterocycles. The van der Waals surface area contributed by atoms with Crippen LogP contribution >= 0.6 is 0 Å². The first-order valence-electron chi connectivity index (χ1n) is 8.22. The summed E-state index contributed by atoms with van der Waals surface area (Å²) < 4.78 is 26.5. The van der Waals surface area contributed by atoms with Crippen LogP contribution < -0.4 is 5.32 Å². The molecule has 1 N–H and O–H groups in total. The quantitative estimate of drug-likeness (QED) is 0.825. The van der Waals surface area contributed by atoms with Crippen LogP contribution in [0, 0.1) is 13.8 Å². The van der Waals surface area contributed by atoms with E-state index in [0.717, 1.165) is 16.7 Å². The predicted octanol–water partition coefficient (Wildman–Crippen LogP) is 2.63. The van der Waals surface area contributed by atoms with Gasteiger partial charge in [0.05, 0.1) is 11.4 Å². The summed E-state index contributed by atoms with van der Waals surface area (Å²) in [5, 5.41) is 2.77. The second kappa shape index (κ2) is 8.27. The minimum absolute atomic E-state index is 0.196. The van der Waals surface area contributed by atoms with Crippen molar-refractivity contribution in [1.29, 1.82) is 0 Å². The highest BCUT2D eigenvalue weighted by atomic mass is 32.2. The number of sulfonamides is 1. The fourth-order valence-corrected chi connectivity index (χ4v) is 3.75. The molecule has 0 aromatic heterocycles. The summed E-state index contributed by atoms with van der Waals surface area (Å²) >= 11 is 0. The third-order valence-electron chi connectivity index (χ3n) is 3.94. The lowest BCUT2D eigenvalue weighted by molar-refractivity contribution is -0.121. The van der Waals surface area contributed by atoms with Crippen LogP contribution in [0.15, 0.2) is 53.4 Å². The Labute approximate surface area is 149 Å². The average molecular weight is 360 g/mol. The Kier molecular flexibility index (Phi) is 6.33. The first kappa shape index (κ1) is 19.1. The van der Waals surface area contributed by atoms with Gasteiger partial charge in [0.25, 0.3) is 0 Å². The summed E-state index contributed by atoms with van der Waals surface area (Å²) in [6, 6.07) is 14.5. The van der Waals surface area contributed by atoms with Crippen LogP contribution in [0.25, 0.3) is 0 Å². The monoisotopic (exact) mass is 360 g/mol. The Morgan fingerprint density at radius 3 is 2.00 bits per heavy atom. The largest absolute Gasteiger partial charge is 0.351 e. The average Bonchev–Trinajstić information content (AvgIpc) is 2.59. The van der Waals surface area contributed by atoms with E-state index >= 15 is 0 Å². The van der Waals surface area contributed by atoms with Gasteiger partial charge < -0.3 is 5.32 Å². The molecule has 0 spiro atoms. The number of hydrogen-bond donors (Lipinski definition) is 1. The molecule has 134 valence electrons. The number of amides is 1. The van der Waals surface area contributed by atoms with Crippen molar-refractivity contribution < 1.29 is 13.2 Å². The van der Waals surface area contributed by atoms with E-state index in [1.165, 1.54) is 4.31 Å². The maximum absolute atomic E-state index is 12.7. The van der Waals surface area contributed by atoms with Gasteiger partial charge in [0.1, 0.15) is 0 Å². The highest BCUT2D eigenvalue weighted by molar-refractivity contribution is 7.89. The lowest BCUT2D eigenvalue weighted by atomic mass is 10.1. The van der Waals surface area contributed by atoms with Crippen molar-refractivity contribution in [3.63, 3.8) is 0 Å². The summed E-state index contributed by atoms with van der Waals surface area (Å²) in [5.41, 5.74) is 3.11. The zero-order valence-corrected chi connectivity index (χ0v) is 15.6. The van der Waals surface area contributed by atoms with E-state index in [-0.39, 0.29) is 23.9 Å². The van der Waals surface area contributed by atoms with Crippen LogP contribution in [0.3, 0.4) is 0 Å². The predicted molar refractivity (Wildman–Crippen MR) is 98.6 cm³/mol. The molecule has 2 aromatic rings. The lowest BCUT2D eigenvalue weighted by Gasteiger charge is -2.20. The van der Waals surface area contributed by atoms with E-state index in [1.54, 1.807) is 31.2 Å². The summed E-state index contributed by atoms with van der Waals surface area (Å²) in [6.45, 7) is 6.02. The van der Waals surface area contributed by atoms with Gasteiger partial charge in [-0.15, -0.1) is 0 Å². The Balaban J connectivity index is 2.01. The van der Waals surface area contributed by atoms with E-state index in [4.69, 9.17) is 0 Å². The molecular weight excluding hydrogens is 336 g/mol. The Hall–Kier alpha value is -2.18. The van der Waals surface area contributed by atoms with Crippen molar-refractivity contribution >= 4 is 15.9 Å². The maximum Gasteiger partial charge on any atom is 0.243 e. The Morgan fingerprint density at radius 1 is 0.960 bits per heavy atom. The van der Waals surface area contributed by atoms with Crippen LogP contribution in [0.1, 0.15) is 23.6 Å². The molecule has 0 fully saturated rings. The second-order valence-corrected chi connectivity index (χ2v) is 7.94. The molecule has 5 nitrogen and oxygen atoms in total. The molecule has 2 rings (SSSR count).